The van der Waals surface area contributed by atoms with Crippen LogP contribution in [0.4, 0.5) is 0 Å². The monoisotopic (exact) mass is 423 g/mol. The van der Waals surface area contributed by atoms with Gasteiger partial charge >= 0.3 is 5.97 Å². The molecule has 0 aliphatic rings. The van der Waals surface area contributed by atoms with Gasteiger partial charge in [-0.3, -0.25) is 4.68 Å². The van der Waals surface area contributed by atoms with Crippen LogP contribution in [-0.4, -0.2) is 50.1 Å². The highest BCUT2D eigenvalue weighted by atomic mass is 28.3. The molecule has 0 fully saturated rings. The lowest BCUT2D eigenvalue weighted by atomic mass is 10.1. The van der Waals surface area contributed by atoms with Gasteiger partial charge in [-0.1, -0.05) is 31.8 Å². The zero-order valence-electron chi connectivity index (χ0n) is 17.6. The summed E-state index contributed by atoms with van der Waals surface area (Å²) < 4.78 is 9.33. The molecule has 1 aromatic carbocycles. The number of nitrogens with zero attached hydrogens (tertiary/aromatic N) is 5. The second-order valence-corrected chi connectivity index (χ2v) is 14.3. The van der Waals surface area contributed by atoms with E-state index < -0.39 is 14.0 Å². The van der Waals surface area contributed by atoms with Crippen molar-refractivity contribution in [2.45, 2.75) is 32.4 Å². The van der Waals surface area contributed by atoms with Crippen LogP contribution in [0.1, 0.15) is 10.4 Å². The van der Waals surface area contributed by atoms with Crippen LogP contribution < -0.4 is 0 Å². The first-order chi connectivity index (χ1) is 14.2. The number of carboxylic acid groups (broad SMARTS) is 1. The van der Waals surface area contributed by atoms with Crippen LogP contribution in [0.3, 0.4) is 0 Å². The van der Waals surface area contributed by atoms with Crippen LogP contribution in [0.25, 0.3) is 33.2 Å². The summed E-state index contributed by atoms with van der Waals surface area (Å²) in [6.07, 6.45) is 4.98. The first kappa shape index (κ1) is 20.2. The number of hydrogen-bond donors (Lipinski definition) is 1. The highest BCUT2D eigenvalue weighted by Crippen LogP contribution is 2.31. The minimum atomic E-state index is -1.20. The van der Waals surface area contributed by atoms with Gasteiger partial charge in [0.05, 0.1) is 22.2 Å². The zero-order chi connectivity index (χ0) is 21.5. The molecule has 0 amide bonds. The zero-order valence-corrected chi connectivity index (χ0v) is 18.6. The van der Waals surface area contributed by atoms with Gasteiger partial charge in [-0.2, -0.15) is 5.10 Å². The Bertz CT molecular complexity index is 1240. The summed E-state index contributed by atoms with van der Waals surface area (Å²) in [5.74, 6) is -1.02. The molecule has 0 aliphatic heterocycles. The largest absolute Gasteiger partial charge is 0.478 e. The van der Waals surface area contributed by atoms with E-state index in [-0.39, 0.29) is 12.3 Å². The SMILES string of the molecule is Cn1cc2ccc(-c3ncnc4c3c(C(=O)O)cn4COCC[Si](C)(C)C)cc2n1. The number of rotatable bonds is 7. The van der Waals surface area contributed by atoms with Crippen molar-refractivity contribution < 1.29 is 14.6 Å². The summed E-state index contributed by atoms with van der Waals surface area (Å²) in [4.78, 5) is 20.7. The van der Waals surface area contributed by atoms with Crippen LogP contribution in [0.5, 0.6) is 0 Å². The van der Waals surface area contributed by atoms with Gasteiger partial charge in [0.1, 0.15) is 18.7 Å². The fourth-order valence-corrected chi connectivity index (χ4v) is 4.19. The summed E-state index contributed by atoms with van der Waals surface area (Å²) in [5, 5.41) is 15.8. The normalized spacial score (nSPS) is 12.1. The first-order valence-electron chi connectivity index (χ1n) is 9.81. The molecule has 8 nitrogen and oxygen atoms in total. The van der Waals surface area contributed by atoms with Gasteiger partial charge < -0.3 is 14.4 Å². The summed E-state index contributed by atoms with van der Waals surface area (Å²) in [7, 11) is 0.671. The number of benzene rings is 1. The molecule has 9 heteroatoms. The van der Waals surface area contributed by atoms with Crippen molar-refractivity contribution in [3.05, 3.63) is 42.5 Å². The quantitative estimate of drug-likeness (QED) is 0.357. The third kappa shape index (κ3) is 3.98. The molecule has 4 aromatic rings. The third-order valence-corrected chi connectivity index (χ3v) is 6.71. The number of fused-ring (bicyclic) bond motifs is 2. The van der Waals surface area contributed by atoms with Gasteiger partial charge in [-0.25, -0.2) is 14.8 Å². The average Bonchev–Trinajstić information content (AvgIpc) is 3.23. The van der Waals surface area contributed by atoms with Gasteiger partial charge in [0.25, 0.3) is 0 Å². The Morgan fingerprint density at radius 1 is 1.20 bits per heavy atom. The first-order valence-corrected chi connectivity index (χ1v) is 13.5. The van der Waals surface area contributed by atoms with Gasteiger partial charge in [0, 0.05) is 45.1 Å². The van der Waals surface area contributed by atoms with Crippen molar-refractivity contribution in [3.63, 3.8) is 0 Å². The Kier molecular flexibility index (Phi) is 5.16. The third-order valence-electron chi connectivity index (χ3n) is 5.01. The van der Waals surface area contributed by atoms with Crippen molar-refractivity contribution >= 4 is 36.0 Å². The maximum absolute atomic E-state index is 12.0. The van der Waals surface area contributed by atoms with Crippen molar-refractivity contribution in [2.75, 3.05) is 6.61 Å². The topological polar surface area (TPSA) is 95.1 Å². The molecule has 156 valence electrons. The molecule has 1 N–H and O–H groups in total. The molecule has 4 rings (SSSR count). The number of aromatic nitrogens is 5. The van der Waals surface area contributed by atoms with Gasteiger partial charge in [-0.05, 0) is 12.1 Å². The molecule has 0 saturated heterocycles. The lowest BCUT2D eigenvalue weighted by Crippen LogP contribution is -2.22. The number of ether oxygens (including phenoxy) is 1. The van der Waals surface area contributed by atoms with E-state index in [1.54, 1.807) is 15.4 Å². The predicted molar refractivity (Wildman–Crippen MR) is 118 cm³/mol. The summed E-state index contributed by atoms with van der Waals surface area (Å²) >= 11 is 0. The van der Waals surface area contributed by atoms with E-state index in [1.807, 2.05) is 31.4 Å². The minimum absolute atomic E-state index is 0.163. The Hall–Kier alpha value is -3.04. The Balaban J connectivity index is 1.75. The van der Waals surface area contributed by atoms with Crippen molar-refractivity contribution in [1.29, 1.82) is 0 Å². The smallest absolute Gasteiger partial charge is 0.338 e. The van der Waals surface area contributed by atoms with Crippen molar-refractivity contribution in [1.82, 2.24) is 24.3 Å². The van der Waals surface area contributed by atoms with E-state index in [0.29, 0.717) is 23.3 Å². The summed E-state index contributed by atoms with van der Waals surface area (Å²) in [6, 6.07) is 6.86. The Labute approximate surface area is 175 Å². The number of carboxylic acids is 1. The fourth-order valence-electron chi connectivity index (χ4n) is 3.43. The van der Waals surface area contributed by atoms with Crippen LogP contribution >= 0.6 is 0 Å². The van der Waals surface area contributed by atoms with E-state index in [1.165, 1.54) is 6.33 Å². The molecule has 0 radical (unpaired) electrons. The van der Waals surface area contributed by atoms with Gasteiger partial charge in [-0.15, -0.1) is 0 Å². The van der Waals surface area contributed by atoms with E-state index >= 15 is 0 Å². The molecule has 0 atom stereocenters. The van der Waals surface area contributed by atoms with Crippen LogP contribution in [0.2, 0.25) is 25.7 Å². The molecule has 30 heavy (non-hydrogen) atoms. The highest BCUT2D eigenvalue weighted by molar-refractivity contribution is 6.76. The van der Waals surface area contributed by atoms with Crippen LogP contribution in [0, 0.1) is 0 Å². The van der Waals surface area contributed by atoms with E-state index in [4.69, 9.17) is 4.74 Å². The highest BCUT2D eigenvalue weighted by Gasteiger charge is 2.21. The molecular weight excluding hydrogens is 398 g/mol. The Morgan fingerprint density at radius 3 is 2.73 bits per heavy atom. The van der Waals surface area contributed by atoms with Gasteiger partial charge in [0.2, 0.25) is 0 Å². The number of carbonyl (C=O) groups is 1. The molecule has 3 heterocycles. The average molecular weight is 424 g/mol. The van der Waals surface area contributed by atoms with E-state index in [2.05, 4.69) is 34.7 Å². The standard InChI is InChI=1S/C21H25N5O3Si/c1-25-10-15-6-5-14(9-17(15)24-25)19-18-16(21(27)28)11-26(20(18)23-12-22-19)13-29-7-8-30(2,3)4/h5-6,9-12H,7-8,13H2,1-4H3,(H,27,28). The fraction of sp³-hybridized carbons (Fsp3) is 0.333. The van der Waals surface area contributed by atoms with Crippen molar-refractivity contribution in [3.8, 4) is 11.3 Å². The lowest BCUT2D eigenvalue weighted by Gasteiger charge is -2.15. The Morgan fingerprint density at radius 2 is 2.00 bits per heavy atom. The second-order valence-electron chi connectivity index (χ2n) is 8.66. The maximum atomic E-state index is 12.0. The van der Waals surface area contributed by atoms with Crippen molar-refractivity contribution in [2.24, 2.45) is 7.05 Å². The molecule has 0 spiro atoms. The summed E-state index contributed by atoms with van der Waals surface area (Å²) in [5.41, 5.74) is 2.91. The molecule has 0 unspecified atom stereocenters. The van der Waals surface area contributed by atoms with E-state index in [0.717, 1.165) is 22.5 Å². The molecular formula is C21H25N5O3Si. The lowest BCUT2D eigenvalue weighted by molar-refractivity contribution is 0.0696. The minimum Gasteiger partial charge on any atom is -0.478 e. The summed E-state index contributed by atoms with van der Waals surface area (Å²) in [6.45, 7) is 7.78. The molecule has 0 saturated carbocycles. The second kappa shape index (κ2) is 7.65. The van der Waals surface area contributed by atoms with Gasteiger partial charge in [0.15, 0.2) is 0 Å². The predicted octanol–water partition coefficient (Wildman–Crippen LogP) is 4.00. The van der Waals surface area contributed by atoms with Crippen LogP contribution in [-0.2, 0) is 18.5 Å². The molecule has 3 aromatic heterocycles. The molecule has 0 aliphatic carbocycles. The number of aromatic carboxylic acids is 1. The number of hydrogen-bond acceptors (Lipinski definition) is 5. The van der Waals surface area contributed by atoms with Crippen LogP contribution in [0.15, 0.2) is 36.9 Å². The van der Waals surface area contributed by atoms with E-state index in [9.17, 15) is 9.90 Å². The molecule has 0 bridgehead atoms. The maximum Gasteiger partial charge on any atom is 0.338 e. The number of aryl methyl sites for hydroxylation is 1.